The molecule has 4 nitrogen and oxygen atoms in total. The lowest BCUT2D eigenvalue weighted by molar-refractivity contribution is 0.925. The molecular formula is C20H15N3OS2. The standard InChI is InChI=1S/C20H15N3OS2/c1-25-16-10-7-15(8-11-16)13-17-19(24)23-20(26-17)21-18(22-23)12-9-14-5-3-2-4-6-14/h2-13H,1H3. The van der Waals surface area contributed by atoms with Gasteiger partial charge in [-0.15, -0.1) is 16.9 Å². The molecule has 0 saturated heterocycles. The number of fused-ring (bicyclic) bond motifs is 1. The van der Waals surface area contributed by atoms with E-state index in [-0.39, 0.29) is 5.56 Å². The second-order valence-corrected chi connectivity index (χ2v) is 7.49. The predicted molar refractivity (Wildman–Crippen MR) is 110 cm³/mol. The van der Waals surface area contributed by atoms with Crippen LogP contribution in [-0.4, -0.2) is 20.9 Å². The van der Waals surface area contributed by atoms with Gasteiger partial charge in [-0.2, -0.15) is 9.50 Å². The van der Waals surface area contributed by atoms with Crippen LogP contribution in [-0.2, 0) is 0 Å². The van der Waals surface area contributed by atoms with Crippen molar-refractivity contribution in [1.82, 2.24) is 14.6 Å². The summed E-state index contributed by atoms with van der Waals surface area (Å²) < 4.78 is 2.01. The largest absolute Gasteiger partial charge is 0.291 e. The van der Waals surface area contributed by atoms with Crippen molar-refractivity contribution in [3.8, 4) is 0 Å². The highest BCUT2D eigenvalue weighted by Gasteiger charge is 2.08. The number of rotatable bonds is 4. The molecule has 0 amide bonds. The molecule has 2 aromatic heterocycles. The van der Waals surface area contributed by atoms with Crippen molar-refractivity contribution in [2.75, 3.05) is 6.26 Å². The first-order valence-electron chi connectivity index (χ1n) is 8.01. The molecule has 0 atom stereocenters. The van der Waals surface area contributed by atoms with Gasteiger partial charge in [-0.25, -0.2) is 0 Å². The molecule has 128 valence electrons. The molecule has 6 heteroatoms. The molecule has 4 rings (SSSR count). The van der Waals surface area contributed by atoms with Crippen molar-refractivity contribution in [2.45, 2.75) is 4.90 Å². The lowest BCUT2D eigenvalue weighted by Crippen LogP contribution is -2.23. The first-order valence-corrected chi connectivity index (χ1v) is 10.1. The van der Waals surface area contributed by atoms with Crippen molar-refractivity contribution in [3.63, 3.8) is 0 Å². The highest BCUT2D eigenvalue weighted by atomic mass is 32.2. The average Bonchev–Trinajstić information content (AvgIpc) is 3.21. The van der Waals surface area contributed by atoms with Crippen molar-refractivity contribution in [3.05, 3.63) is 86.4 Å². The fraction of sp³-hybridized carbons (Fsp3) is 0.0500. The van der Waals surface area contributed by atoms with Crippen LogP contribution in [0, 0.1) is 0 Å². The van der Waals surface area contributed by atoms with E-state index >= 15 is 0 Å². The smallest absolute Gasteiger partial charge is 0.266 e. The van der Waals surface area contributed by atoms with E-state index in [9.17, 15) is 4.79 Å². The van der Waals surface area contributed by atoms with E-state index < -0.39 is 0 Å². The minimum atomic E-state index is -0.134. The summed E-state index contributed by atoms with van der Waals surface area (Å²) >= 11 is 3.05. The van der Waals surface area contributed by atoms with Crippen LogP contribution >= 0.6 is 23.1 Å². The molecule has 0 N–H and O–H groups in total. The summed E-state index contributed by atoms with van der Waals surface area (Å²) in [7, 11) is 0. The first-order chi connectivity index (χ1) is 12.7. The van der Waals surface area contributed by atoms with Crippen LogP contribution in [0.4, 0.5) is 0 Å². The van der Waals surface area contributed by atoms with E-state index in [1.54, 1.807) is 11.8 Å². The van der Waals surface area contributed by atoms with Crippen LogP contribution in [0.5, 0.6) is 0 Å². The van der Waals surface area contributed by atoms with Crippen molar-refractivity contribution >= 4 is 46.3 Å². The maximum absolute atomic E-state index is 12.6. The van der Waals surface area contributed by atoms with Gasteiger partial charge in [0.25, 0.3) is 5.56 Å². The molecule has 2 aromatic carbocycles. The molecule has 0 aliphatic rings. The molecule has 4 aromatic rings. The first kappa shape index (κ1) is 16.8. The van der Waals surface area contributed by atoms with Gasteiger partial charge < -0.3 is 0 Å². The summed E-state index contributed by atoms with van der Waals surface area (Å²) in [5.74, 6) is 0.535. The second kappa shape index (κ2) is 7.27. The third-order valence-corrected chi connectivity index (χ3v) is 5.54. The highest BCUT2D eigenvalue weighted by Crippen LogP contribution is 2.15. The minimum absolute atomic E-state index is 0.134. The van der Waals surface area contributed by atoms with Crippen LogP contribution < -0.4 is 10.1 Å². The van der Waals surface area contributed by atoms with E-state index in [0.29, 0.717) is 15.3 Å². The maximum atomic E-state index is 12.6. The number of thioether (sulfide) groups is 1. The van der Waals surface area contributed by atoms with Crippen LogP contribution in [0.25, 0.3) is 23.2 Å². The fourth-order valence-electron chi connectivity index (χ4n) is 2.51. The molecule has 2 heterocycles. The molecular weight excluding hydrogens is 362 g/mol. The zero-order valence-electron chi connectivity index (χ0n) is 14.0. The van der Waals surface area contributed by atoms with Crippen molar-refractivity contribution < 1.29 is 0 Å². The molecule has 0 radical (unpaired) electrons. The number of benzene rings is 2. The lowest BCUT2D eigenvalue weighted by atomic mass is 10.2. The minimum Gasteiger partial charge on any atom is -0.266 e. The van der Waals surface area contributed by atoms with Crippen molar-refractivity contribution in [2.24, 2.45) is 0 Å². The second-order valence-electron chi connectivity index (χ2n) is 5.60. The lowest BCUT2D eigenvalue weighted by Gasteiger charge is -1.95. The Morgan fingerprint density at radius 2 is 1.77 bits per heavy atom. The molecule has 0 saturated carbocycles. The Morgan fingerprint density at radius 3 is 2.46 bits per heavy atom. The molecule has 0 bridgehead atoms. The van der Waals surface area contributed by atoms with E-state index in [4.69, 9.17) is 0 Å². The van der Waals surface area contributed by atoms with Crippen LogP contribution in [0.3, 0.4) is 0 Å². The van der Waals surface area contributed by atoms with Gasteiger partial charge in [-0.3, -0.25) is 4.79 Å². The van der Waals surface area contributed by atoms with E-state index in [1.165, 1.54) is 20.7 Å². The third kappa shape index (κ3) is 3.47. The Balaban J connectivity index is 1.66. The Morgan fingerprint density at radius 1 is 1.00 bits per heavy atom. The van der Waals surface area contributed by atoms with Gasteiger partial charge >= 0.3 is 0 Å². The van der Waals surface area contributed by atoms with Gasteiger partial charge in [0.05, 0.1) is 4.53 Å². The summed E-state index contributed by atoms with van der Waals surface area (Å²) in [6.07, 6.45) is 7.68. The molecule has 0 fully saturated rings. The van der Waals surface area contributed by atoms with Gasteiger partial charge in [-0.05, 0) is 41.7 Å². The van der Waals surface area contributed by atoms with E-state index in [2.05, 4.69) is 10.1 Å². The number of aromatic nitrogens is 3. The predicted octanol–water partition coefficient (Wildman–Crippen LogP) is 3.59. The maximum Gasteiger partial charge on any atom is 0.291 e. The normalized spacial score (nSPS) is 12.4. The number of hydrogen-bond donors (Lipinski definition) is 0. The quantitative estimate of drug-likeness (QED) is 0.510. The highest BCUT2D eigenvalue weighted by molar-refractivity contribution is 7.98. The van der Waals surface area contributed by atoms with Crippen molar-refractivity contribution in [1.29, 1.82) is 0 Å². The van der Waals surface area contributed by atoms with Crippen LogP contribution in [0.2, 0.25) is 0 Å². The average molecular weight is 377 g/mol. The fourth-order valence-corrected chi connectivity index (χ4v) is 3.83. The molecule has 0 unspecified atom stereocenters. The topological polar surface area (TPSA) is 47.3 Å². The Hall–Kier alpha value is -2.70. The van der Waals surface area contributed by atoms with E-state index in [1.807, 2.05) is 79.1 Å². The molecule has 0 aliphatic carbocycles. The summed E-state index contributed by atoms with van der Waals surface area (Å²) in [6.45, 7) is 0. The van der Waals surface area contributed by atoms with Gasteiger partial charge in [0.2, 0.25) is 4.96 Å². The van der Waals surface area contributed by atoms with Crippen LogP contribution in [0.1, 0.15) is 17.0 Å². The van der Waals surface area contributed by atoms with Gasteiger partial charge in [0, 0.05) is 4.90 Å². The summed E-state index contributed by atoms with van der Waals surface area (Å²) in [4.78, 5) is 18.8. The number of hydrogen-bond acceptors (Lipinski definition) is 5. The van der Waals surface area contributed by atoms with Gasteiger partial charge in [0.1, 0.15) is 0 Å². The Kier molecular flexibility index (Phi) is 4.69. The van der Waals surface area contributed by atoms with Crippen LogP contribution in [0.15, 0.2) is 64.3 Å². The zero-order valence-corrected chi connectivity index (χ0v) is 15.6. The molecule has 0 aliphatic heterocycles. The molecule has 26 heavy (non-hydrogen) atoms. The SMILES string of the molecule is CSc1ccc(C=c2sc3nc(C=Cc4ccccc4)nn3c2=O)cc1. The number of thiazole rings is 1. The van der Waals surface area contributed by atoms with E-state index in [0.717, 1.165) is 11.1 Å². The monoisotopic (exact) mass is 377 g/mol. The molecule has 0 spiro atoms. The third-order valence-electron chi connectivity index (χ3n) is 3.84. The summed E-state index contributed by atoms with van der Waals surface area (Å²) in [5.41, 5.74) is 1.93. The number of nitrogens with zero attached hydrogens (tertiary/aromatic N) is 3. The summed E-state index contributed by atoms with van der Waals surface area (Å²) in [6, 6.07) is 18.0. The zero-order chi connectivity index (χ0) is 17.9. The van der Waals surface area contributed by atoms with Gasteiger partial charge in [-0.1, -0.05) is 59.9 Å². The summed E-state index contributed by atoms with van der Waals surface area (Å²) in [5, 5.41) is 4.31. The Bertz CT molecular complexity index is 1180. The Labute approximate surface area is 158 Å². The van der Waals surface area contributed by atoms with Gasteiger partial charge in [0.15, 0.2) is 5.82 Å².